The Morgan fingerprint density at radius 3 is 2.45 bits per heavy atom. The number of hydrogen-bond donors (Lipinski definition) is 1. The molecule has 0 aliphatic carbocycles. The fourth-order valence-electron chi connectivity index (χ4n) is 3.38. The van der Waals surface area contributed by atoms with Gasteiger partial charge in [-0.2, -0.15) is 0 Å². The molecule has 5 nitrogen and oxygen atoms in total. The third-order valence-corrected chi connectivity index (χ3v) is 6.68. The molecule has 8 heteroatoms. The predicted octanol–water partition coefficient (Wildman–Crippen LogP) is 5.95. The van der Waals surface area contributed by atoms with Crippen LogP contribution < -0.4 is 4.74 Å². The third kappa shape index (κ3) is 5.11. The molecule has 1 saturated heterocycles. The molecule has 166 valence electrons. The van der Waals surface area contributed by atoms with Gasteiger partial charge >= 0.3 is 5.97 Å². The zero-order valence-electron chi connectivity index (χ0n) is 17.2. The fourth-order valence-corrected chi connectivity index (χ4v) is 4.88. The van der Waals surface area contributed by atoms with Crippen LogP contribution in [-0.2, 0) is 16.2 Å². The summed E-state index contributed by atoms with van der Waals surface area (Å²) in [7, 11) is 0. The number of thiocarbonyl (C=S) groups is 1. The van der Waals surface area contributed by atoms with Gasteiger partial charge in [0.05, 0.1) is 4.91 Å². The van der Waals surface area contributed by atoms with E-state index in [2.05, 4.69) is 0 Å². The van der Waals surface area contributed by atoms with Gasteiger partial charge in [-0.25, -0.2) is 4.79 Å². The summed E-state index contributed by atoms with van der Waals surface area (Å²) in [4.78, 5) is 26.7. The number of benzene rings is 3. The summed E-state index contributed by atoms with van der Waals surface area (Å²) < 4.78 is 6.16. The molecule has 1 fully saturated rings. The number of carbonyl (C=O) groups is 2. The summed E-state index contributed by atoms with van der Waals surface area (Å²) in [5.41, 5.74) is 2.00. The highest BCUT2D eigenvalue weighted by Gasteiger charge is 2.41. The van der Waals surface area contributed by atoms with Crippen LogP contribution in [0.4, 0.5) is 0 Å². The summed E-state index contributed by atoms with van der Waals surface area (Å²) in [6.07, 6.45) is 1.67. The zero-order valence-corrected chi connectivity index (χ0v) is 19.6. The molecule has 0 saturated carbocycles. The lowest BCUT2D eigenvalue weighted by molar-refractivity contribution is -0.145. The molecule has 0 aromatic heterocycles. The number of hydrogen-bond acceptors (Lipinski definition) is 5. The summed E-state index contributed by atoms with van der Waals surface area (Å²) in [5, 5.41) is 10.4. The third-order valence-electron chi connectivity index (χ3n) is 4.98. The zero-order chi connectivity index (χ0) is 23.4. The topological polar surface area (TPSA) is 66.8 Å². The Morgan fingerprint density at radius 2 is 1.73 bits per heavy atom. The molecule has 1 unspecified atom stereocenters. The van der Waals surface area contributed by atoms with Crippen molar-refractivity contribution in [1.29, 1.82) is 0 Å². The first kappa shape index (κ1) is 23.0. The monoisotopic (exact) mass is 495 g/mol. The van der Waals surface area contributed by atoms with Crippen molar-refractivity contribution < 1.29 is 19.4 Å². The smallest absolute Gasteiger partial charge is 0.331 e. The van der Waals surface area contributed by atoms with Gasteiger partial charge in [-0.1, -0.05) is 102 Å². The Morgan fingerprint density at radius 1 is 1.06 bits per heavy atom. The Hall–Kier alpha value is -3.13. The Labute approximate surface area is 205 Å². The molecular weight excluding hydrogens is 478 g/mol. The highest BCUT2D eigenvalue weighted by atomic mass is 35.5. The number of amides is 1. The number of carbonyl (C=O) groups excluding carboxylic acids is 1. The quantitative estimate of drug-likeness (QED) is 0.323. The van der Waals surface area contributed by atoms with Crippen LogP contribution in [0, 0.1) is 0 Å². The average molecular weight is 496 g/mol. The molecule has 1 N–H and O–H groups in total. The van der Waals surface area contributed by atoms with Crippen molar-refractivity contribution in [3.05, 3.63) is 105 Å². The second kappa shape index (κ2) is 10.2. The number of carboxylic acid groups (broad SMARTS) is 1. The first-order valence-corrected chi connectivity index (χ1v) is 11.6. The summed E-state index contributed by atoms with van der Waals surface area (Å²) in [6.45, 7) is 0.264. The van der Waals surface area contributed by atoms with Gasteiger partial charge in [0.15, 0.2) is 6.04 Å². The molecule has 0 radical (unpaired) electrons. The molecule has 1 amide bonds. The van der Waals surface area contributed by atoms with Crippen molar-refractivity contribution >= 4 is 57.9 Å². The van der Waals surface area contributed by atoms with Gasteiger partial charge in [-0.05, 0) is 23.8 Å². The van der Waals surface area contributed by atoms with Crippen molar-refractivity contribution in [3.8, 4) is 5.75 Å². The van der Waals surface area contributed by atoms with E-state index < -0.39 is 17.9 Å². The van der Waals surface area contributed by atoms with Crippen LogP contribution in [0.5, 0.6) is 5.75 Å². The number of rotatable bonds is 7. The van der Waals surface area contributed by atoms with E-state index in [1.165, 1.54) is 0 Å². The fraction of sp³-hybridized carbons (Fsp3) is 0.0800. The maximum atomic E-state index is 13.2. The number of nitrogens with zero attached hydrogens (tertiary/aromatic N) is 1. The van der Waals surface area contributed by atoms with Crippen molar-refractivity contribution in [2.45, 2.75) is 12.6 Å². The standard InChI is InChI=1S/C25H18ClNO4S2/c26-19-12-6-4-11-18(19)15-31-20-13-7-5-10-17(20)14-21-23(28)27(25(32)33-21)22(24(29)30)16-8-2-1-3-9-16/h1-14,22H,15H2,(H,29,30). The molecule has 3 aromatic carbocycles. The van der Waals surface area contributed by atoms with Crippen molar-refractivity contribution in [3.63, 3.8) is 0 Å². The number of para-hydroxylation sites is 1. The lowest BCUT2D eigenvalue weighted by Gasteiger charge is -2.23. The van der Waals surface area contributed by atoms with Gasteiger partial charge in [0, 0.05) is 16.1 Å². The summed E-state index contributed by atoms with van der Waals surface area (Å²) in [6, 6.07) is 22.1. The molecule has 1 heterocycles. The highest BCUT2D eigenvalue weighted by Crippen LogP contribution is 2.39. The molecule has 1 aliphatic heterocycles. The van der Waals surface area contributed by atoms with E-state index in [1.54, 1.807) is 48.5 Å². The van der Waals surface area contributed by atoms with Crippen LogP contribution in [0.15, 0.2) is 83.8 Å². The van der Waals surface area contributed by atoms with Crippen LogP contribution in [0.1, 0.15) is 22.7 Å². The SMILES string of the molecule is O=C(O)C(c1ccccc1)N1C(=O)C(=Cc2ccccc2OCc2ccccc2Cl)SC1=S. The maximum absolute atomic E-state index is 13.2. The molecule has 1 atom stereocenters. The first-order valence-electron chi connectivity index (χ1n) is 9.96. The first-order chi connectivity index (χ1) is 16.0. The molecular formula is C25H18ClNO4S2. The molecule has 3 aromatic rings. The number of thioether (sulfide) groups is 1. The lowest BCUT2D eigenvalue weighted by Crippen LogP contribution is -2.37. The Bertz CT molecular complexity index is 1250. The number of aliphatic carboxylic acids is 1. The van der Waals surface area contributed by atoms with Crippen molar-refractivity contribution in [2.24, 2.45) is 0 Å². The normalized spacial score (nSPS) is 15.7. The molecule has 33 heavy (non-hydrogen) atoms. The van der Waals surface area contributed by atoms with Crippen LogP contribution in [0.3, 0.4) is 0 Å². The number of ether oxygens (including phenoxy) is 1. The molecule has 0 bridgehead atoms. The minimum Gasteiger partial charge on any atom is -0.488 e. The van der Waals surface area contributed by atoms with Crippen LogP contribution in [0.25, 0.3) is 6.08 Å². The summed E-state index contributed by atoms with van der Waals surface area (Å²) in [5.74, 6) is -1.04. The van der Waals surface area contributed by atoms with Gasteiger partial charge in [0.2, 0.25) is 0 Å². The van der Waals surface area contributed by atoms with E-state index in [9.17, 15) is 14.7 Å². The Balaban J connectivity index is 1.60. The van der Waals surface area contributed by atoms with Gasteiger partial charge in [0.25, 0.3) is 5.91 Å². The van der Waals surface area contributed by atoms with Crippen molar-refractivity contribution in [1.82, 2.24) is 4.90 Å². The van der Waals surface area contributed by atoms with Crippen molar-refractivity contribution in [2.75, 3.05) is 0 Å². The average Bonchev–Trinajstić information content (AvgIpc) is 3.08. The second-order valence-corrected chi connectivity index (χ2v) is 9.20. The van der Waals surface area contributed by atoms with E-state index in [4.69, 9.17) is 28.6 Å². The van der Waals surface area contributed by atoms with E-state index in [1.807, 2.05) is 36.4 Å². The van der Waals surface area contributed by atoms with Crippen LogP contribution >= 0.6 is 35.6 Å². The lowest BCUT2D eigenvalue weighted by atomic mass is 10.1. The van der Waals surface area contributed by atoms with Gasteiger partial charge in [-0.3, -0.25) is 9.69 Å². The van der Waals surface area contributed by atoms with E-state index in [0.29, 0.717) is 26.8 Å². The molecule has 1 aliphatic rings. The largest absolute Gasteiger partial charge is 0.488 e. The van der Waals surface area contributed by atoms with Gasteiger partial charge < -0.3 is 9.84 Å². The Kier molecular flexibility index (Phi) is 7.13. The molecule has 0 spiro atoms. The van der Waals surface area contributed by atoms with E-state index in [0.717, 1.165) is 22.2 Å². The van der Waals surface area contributed by atoms with Crippen LogP contribution in [-0.4, -0.2) is 26.2 Å². The summed E-state index contributed by atoms with van der Waals surface area (Å²) >= 11 is 12.7. The van der Waals surface area contributed by atoms with Gasteiger partial charge in [0.1, 0.15) is 16.7 Å². The van der Waals surface area contributed by atoms with Crippen LogP contribution in [0.2, 0.25) is 5.02 Å². The minimum atomic E-state index is -1.20. The number of halogens is 1. The molecule has 4 rings (SSSR count). The predicted molar refractivity (Wildman–Crippen MR) is 134 cm³/mol. The maximum Gasteiger partial charge on any atom is 0.331 e. The van der Waals surface area contributed by atoms with E-state index >= 15 is 0 Å². The minimum absolute atomic E-state index is 0.192. The van der Waals surface area contributed by atoms with E-state index in [-0.39, 0.29) is 10.9 Å². The highest BCUT2D eigenvalue weighted by molar-refractivity contribution is 8.26. The second-order valence-electron chi connectivity index (χ2n) is 7.12. The number of carboxylic acids is 1. The van der Waals surface area contributed by atoms with Gasteiger partial charge in [-0.15, -0.1) is 0 Å².